The largest absolute Gasteiger partial charge is 0.0689 e. The molecule has 0 aliphatic heterocycles. The molecule has 1 heteroatoms. The average molecular weight is 569 g/mol. The molecule has 0 saturated heterocycles. The number of rotatable bonds is 6. The molecule has 5 fully saturated rings. The molecule has 0 N–H and O–H groups in total. The molecule has 0 aromatic heterocycles. The van der Waals surface area contributed by atoms with E-state index in [2.05, 4.69) is 68.5 Å². The number of hydrogen-bond acceptors (Lipinski definition) is 0. The van der Waals surface area contributed by atoms with Gasteiger partial charge < -0.3 is 0 Å². The topological polar surface area (TPSA) is 0 Å². The molecule has 0 radical (unpaired) electrons. The van der Waals surface area contributed by atoms with Crippen molar-refractivity contribution in [1.82, 2.24) is 0 Å². The molecular weight excluding hydrogens is 497 g/mol. The first-order chi connectivity index (χ1) is 18.7. The van der Waals surface area contributed by atoms with E-state index in [0.29, 0.717) is 10.8 Å². The van der Waals surface area contributed by atoms with Crippen LogP contribution >= 0.6 is 0 Å². The van der Waals surface area contributed by atoms with E-state index in [-0.39, 0.29) is 0 Å². The second-order valence-electron chi connectivity index (χ2n) is 19.4. The van der Waals surface area contributed by atoms with Crippen molar-refractivity contribution in [2.45, 2.75) is 176 Å². The Hall–Kier alpha value is 0.217. The van der Waals surface area contributed by atoms with Gasteiger partial charge in [-0.05, 0) is 126 Å². The Labute approximate surface area is 253 Å². The summed E-state index contributed by atoms with van der Waals surface area (Å²) < 4.78 is 0. The van der Waals surface area contributed by atoms with Crippen molar-refractivity contribution in [2.75, 3.05) is 0 Å². The van der Waals surface area contributed by atoms with Gasteiger partial charge in [0.2, 0.25) is 0 Å². The zero-order chi connectivity index (χ0) is 29.0. The summed E-state index contributed by atoms with van der Waals surface area (Å²) in [6.07, 6.45) is 23.2. The van der Waals surface area contributed by atoms with Crippen LogP contribution in [0.2, 0.25) is 24.2 Å². The van der Waals surface area contributed by atoms with Crippen LogP contribution in [0.1, 0.15) is 152 Å². The van der Waals surface area contributed by atoms with Crippen molar-refractivity contribution in [3.05, 3.63) is 0 Å². The van der Waals surface area contributed by atoms with E-state index < -0.39 is 8.07 Å². The zero-order valence-electron chi connectivity index (χ0n) is 29.0. The highest BCUT2D eigenvalue weighted by Crippen LogP contribution is 2.65. The van der Waals surface area contributed by atoms with Crippen LogP contribution in [0, 0.1) is 70.0 Å². The monoisotopic (exact) mass is 569 g/mol. The highest BCUT2D eigenvalue weighted by Gasteiger charge is 2.58. The summed E-state index contributed by atoms with van der Waals surface area (Å²) in [5.74, 6) is 10.3. The minimum absolute atomic E-state index is 0.466. The average Bonchev–Trinajstić information content (AvgIpc) is 3.50. The van der Waals surface area contributed by atoms with Crippen molar-refractivity contribution >= 4 is 8.07 Å². The molecule has 5 aliphatic carbocycles. The Bertz CT molecular complexity index is 805. The van der Waals surface area contributed by atoms with Crippen LogP contribution in [0.15, 0.2) is 0 Å². The lowest BCUT2D eigenvalue weighted by atomic mass is 9.55. The maximum Gasteiger partial charge on any atom is 0.0541 e. The Morgan fingerprint density at radius 1 is 0.600 bits per heavy atom. The van der Waals surface area contributed by atoms with Gasteiger partial charge in [0.1, 0.15) is 0 Å². The van der Waals surface area contributed by atoms with Crippen molar-refractivity contribution in [2.24, 2.45) is 70.0 Å². The Balaban J connectivity index is 1.35. The van der Waals surface area contributed by atoms with E-state index in [0.717, 1.165) is 70.3 Å². The normalized spacial score (nSPS) is 43.8. The third kappa shape index (κ3) is 6.09. The molecular formula is C39H72Si. The van der Waals surface area contributed by atoms with E-state index in [9.17, 15) is 0 Å². The first kappa shape index (κ1) is 31.6. The summed E-state index contributed by atoms with van der Waals surface area (Å²) in [4.78, 5) is 0. The molecule has 11 unspecified atom stereocenters. The van der Waals surface area contributed by atoms with Gasteiger partial charge in [0.05, 0.1) is 8.07 Å². The maximum atomic E-state index is 2.94. The fourth-order valence-electron chi connectivity index (χ4n) is 12.8. The fraction of sp³-hybridized carbons (Fsp3) is 1.00. The molecule has 5 aliphatic rings. The molecule has 0 nitrogen and oxygen atoms in total. The molecule has 232 valence electrons. The third-order valence-electron chi connectivity index (χ3n) is 15.2. The van der Waals surface area contributed by atoms with Crippen LogP contribution in [-0.4, -0.2) is 8.07 Å². The van der Waals surface area contributed by atoms with Crippen LogP contribution in [0.5, 0.6) is 0 Å². The summed E-state index contributed by atoms with van der Waals surface area (Å²) in [6, 6.07) is 0. The highest BCUT2D eigenvalue weighted by atomic mass is 28.3. The predicted octanol–water partition coefficient (Wildman–Crippen LogP) is 12.6. The molecule has 5 saturated carbocycles. The Morgan fingerprint density at radius 2 is 1.15 bits per heavy atom. The molecule has 5 rings (SSSR count). The van der Waals surface area contributed by atoms with Crippen molar-refractivity contribution in [1.29, 1.82) is 0 Å². The molecule has 0 aromatic rings. The van der Waals surface area contributed by atoms with Gasteiger partial charge in [-0.3, -0.25) is 0 Å². The Morgan fingerprint density at radius 3 is 1.75 bits per heavy atom. The summed E-state index contributed by atoms with van der Waals surface area (Å²) in [5, 5.41) is 0. The van der Waals surface area contributed by atoms with Crippen LogP contribution < -0.4 is 0 Å². The van der Waals surface area contributed by atoms with Gasteiger partial charge in [0.25, 0.3) is 0 Å². The molecule has 40 heavy (non-hydrogen) atoms. The SMILES string of the molecule is CCCC(C)C1CC([Si](C)(C)C2CCC3C(C4CC(C(C)(C)C)CC(C(C)(C)C)C4)CCCC32)C2CCCCC12. The lowest BCUT2D eigenvalue weighted by Gasteiger charge is -2.51. The number of fused-ring (bicyclic) bond motifs is 2. The maximum absolute atomic E-state index is 2.94. The van der Waals surface area contributed by atoms with E-state index in [1.807, 2.05) is 0 Å². The van der Waals surface area contributed by atoms with Crippen LogP contribution in [-0.2, 0) is 0 Å². The van der Waals surface area contributed by atoms with Crippen molar-refractivity contribution < 1.29 is 0 Å². The van der Waals surface area contributed by atoms with Crippen LogP contribution in [0.25, 0.3) is 0 Å². The third-order valence-corrected chi connectivity index (χ3v) is 20.4. The Kier molecular flexibility index (Phi) is 9.46. The minimum Gasteiger partial charge on any atom is -0.0689 e. The molecule has 0 amide bonds. The molecule has 0 bridgehead atoms. The van der Waals surface area contributed by atoms with E-state index in [1.165, 1.54) is 25.7 Å². The molecule has 11 atom stereocenters. The summed E-state index contributed by atoms with van der Waals surface area (Å²) in [6.45, 7) is 26.3. The first-order valence-corrected chi connectivity index (χ1v) is 21.9. The van der Waals surface area contributed by atoms with Gasteiger partial charge in [0, 0.05) is 0 Å². The zero-order valence-corrected chi connectivity index (χ0v) is 30.0. The van der Waals surface area contributed by atoms with E-state index >= 15 is 0 Å². The van der Waals surface area contributed by atoms with E-state index in [1.54, 1.807) is 70.6 Å². The summed E-state index contributed by atoms with van der Waals surface area (Å²) >= 11 is 0. The lowest BCUT2D eigenvalue weighted by Crippen LogP contribution is -2.45. The predicted molar refractivity (Wildman–Crippen MR) is 179 cm³/mol. The second kappa shape index (κ2) is 12.0. The van der Waals surface area contributed by atoms with Crippen molar-refractivity contribution in [3.63, 3.8) is 0 Å². The lowest BCUT2D eigenvalue weighted by molar-refractivity contribution is -0.000303. The minimum atomic E-state index is -1.33. The fourth-order valence-corrected chi connectivity index (χ4v) is 18.2. The number of hydrogen-bond donors (Lipinski definition) is 0. The molecule has 0 aromatic carbocycles. The van der Waals surface area contributed by atoms with Crippen LogP contribution in [0.4, 0.5) is 0 Å². The second-order valence-corrected chi connectivity index (χ2v) is 24.5. The molecule has 0 heterocycles. The van der Waals surface area contributed by atoms with Crippen LogP contribution in [0.3, 0.4) is 0 Å². The quantitative estimate of drug-likeness (QED) is 0.279. The van der Waals surface area contributed by atoms with E-state index in [4.69, 9.17) is 0 Å². The van der Waals surface area contributed by atoms with Gasteiger partial charge in [0.15, 0.2) is 0 Å². The summed E-state index contributed by atoms with van der Waals surface area (Å²) in [5.41, 5.74) is 3.20. The van der Waals surface area contributed by atoms with Gasteiger partial charge in [-0.2, -0.15) is 0 Å². The van der Waals surface area contributed by atoms with Gasteiger partial charge in [-0.25, -0.2) is 0 Å². The first-order valence-electron chi connectivity index (χ1n) is 18.7. The van der Waals surface area contributed by atoms with Gasteiger partial charge in [-0.1, -0.05) is 120 Å². The van der Waals surface area contributed by atoms with Gasteiger partial charge in [-0.15, -0.1) is 0 Å². The van der Waals surface area contributed by atoms with Crippen molar-refractivity contribution in [3.8, 4) is 0 Å². The molecule has 0 spiro atoms. The highest BCUT2D eigenvalue weighted by molar-refractivity contribution is 6.80. The smallest absolute Gasteiger partial charge is 0.0541 e. The van der Waals surface area contributed by atoms with Gasteiger partial charge >= 0.3 is 0 Å². The summed E-state index contributed by atoms with van der Waals surface area (Å²) in [7, 11) is -1.33. The standard InChI is InChI=1S/C39H72Si/c1-11-15-26(2)35-25-37(34-17-13-12-16-31(34)35)40(9,10)36-21-20-32-30(18-14-19-33(32)36)27-22-28(38(3,4)5)24-29(23-27)39(6,7)8/h26-37H,11-25H2,1-10H3.